The Hall–Kier alpha value is -1.10. The maximum absolute atomic E-state index is 11.9. The van der Waals surface area contributed by atoms with Crippen molar-refractivity contribution in [3.8, 4) is 0 Å². The maximum atomic E-state index is 11.9. The molecule has 0 radical (unpaired) electrons. The smallest absolute Gasteiger partial charge is 0.317 e. The van der Waals surface area contributed by atoms with E-state index in [4.69, 9.17) is 5.11 Å². The molecule has 0 aliphatic heterocycles. The molecule has 0 bridgehead atoms. The van der Waals surface area contributed by atoms with Crippen molar-refractivity contribution in [2.24, 2.45) is 0 Å². The van der Waals surface area contributed by atoms with Gasteiger partial charge in [-0.1, -0.05) is 6.92 Å². The van der Waals surface area contributed by atoms with Crippen LogP contribution in [0.4, 0.5) is 0 Å². The molecule has 17 heavy (non-hydrogen) atoms. The van der Waals surface area contributed by atoms with Crippen molar-refractivity contribution in [1.82, 2.24) is 9.80 Å². The first kappa shape index (κ1) is 15.9. The second-order valence-electron chi connectivity index (χ2n) is 4.12. The molecule has 0 heterocycles. The summed E-state index contributed by atoms with van der Waals surface area (Å²) in [6.45, 7) is 9.21. The Labute approximate surface area is 103 Å². The highest BCUT2D eigenvalue weighted by molar-refractivity contribution is 5.79. The molecule has 0 spiro atoms. The largest absolute Gasteiger partial charge is 0.480 e. The van der Waals surface area contributed by atoms with Crippen molar-refractivity contribution < 1.29 is 14.7 Å². The van der Waals surface area contributed by atoms with Gasteiger partial charge < -0.3 is 10.0 Å². The molecule has 0 saturated heterocycles. The molecule has 5 nitrogen and oxygen atoms in total. The Morgan fingerprint density at radius 2 is 1.65 bits per heavy atom. The molecule has 100 valence electrons. The standard InChI is InChI=1S/C12H24N2O3/c1-5-10(4)14(9-12(16)17)8-11(15)13(6-2)7-3/h10H,5-9H2,1-4H3,(H,16,17). The SMILES string of the molecule is CCC(C)N(CC(=O)O)CC(=O)N(CC)CC. The van der Waals surface area contributed by atoms with Crippen LogP contribution in [0.2, 0.25) is 0 Å². The molecule has 1 unspecified atom stereocenters. The predicted octanol–water partition coefficient (Wildman–Crippen LogP) is 1.04. The molecule has 0 aliphatic carbocycles. The summed E-state index contributed by atoms with van der Waals surface area (Å²) >= 11 is 0. The quantitative estimate of drug-likeness (QED) is 0.693. The second-order valence-corrected chi connectivity index (χ2v) is 4.12. The van der Waals surface area contributed by atoms with Crippen LogP contribution in [0.1, 0.15) is 34.1 Å². The molecular formula is C12H24N2O3. The minimum atomic E-state index is -0.891. The van der Waals surface area contributed by atoms with E-state index in [-0.39, 0.29) is 25.0 Å². The van der Waals surface area contributed by atoms with Gasteiger partial charge in [0.25, 0.3) is 0 Å². The average Bonchev–Trinajstić information content (AvgIpc) is 2.28. The van der Waals surface area contributed by atoms with E-state index < -0.39 is 5.97 Å². The minimum absolute atomic E-state index is 0.00319. The molecule has 1 atom stereocenters. The predicted molar refractivity (Wildman–Crippen MR) is 66.9 cm³/mol. The van der Waals surface area contributed by atoms with Crippen LogP contribution in [0, 0.1) is 0 Å². The monoisotopic (exact) mass is 244 g/mol. The van der Waals surface area contributed by atoms with Gasteiger partial charge in [0.15, 0.2) is 0 Å². The van der Waals surface area contributed by atoms with Crippen LogP contribution in [-0.4, -0.2) is 59.0 Å². The molecule has 1 N–H and O–H groups in total. The number of rotatable bonds is 8. The number of carbonyl (C=O) groups is 2. The highest BCUT2D eigenvalue weighted by atomic mass is 16.4. The third-order valence-electron chi connectivity index (χ3n) is 3.01. The van der Waals surface area contributed by atoms with Crippen LogP contribution >= 0.6 is 0 Å². The molecule has 0 fully saturated rings. The summed E-state index contributed by atoms with van der Waals surface area (Å²) in [5.74, 6) is -0.894. The van der Waals surface area contributed by atoms with Gasteiger partial charge >= 0.3 is 5.97 Å². The average molecular weight is 244 g/mol. The molecule has 0 aromatic rings. The first-order valence-electron chi connectivity index (χ1n) is 6.19. The Bertz CT molecular complexity index is 252. The van der Waals surface area contributed by atoms with Gasteiger partial charge in [0.1, 0.15) is 0 Å². The van der Waals surface area contributed by atoms with Crippen LogP contribution in [-0.2, 0) is 9.59 Å². The van der Waals surface area contributed by atoms with E-state index >= 15 is 0 Å². The summed E-state index contributed by atoms with van der Waals surface area (Å²) in [5.41, 5.74) is 0. The van der Waals surface area contributed by atoms with Crippen molar-refractivity contribution >= 4 is 11.9 Å². The molecule has 1 amide bonds. The normalized spacial score (nSPS) is 12.5. The number of amides is 1. The van der Waals surface area contributed by atoms with E-state index in [1.54, 1.807) is 9.80 Å². The first-order chi connectivity index (χ1) is 7.96. The van der Waals surface area contributed by atoms with Crippen LogP contribution < -0.4 is 0 Å². The van der Waals surface area contributed by atoms with Crippen molar-refractivity contribution in [1.29, 1.82) is 0 Å². The summed E-state index contributed by atoms with van der Waals surface area (Å²) < 4.78 is 0. The molecular weight excluding hydrogens is 220 g/mol. The van der Waals surface area contributed by atoms with Gasteiger partial charge in [0, 0.05) is 19.1 Å². The zero-order valence-corrected chi connectivity index (χ0v) is 11.3. The van der Waals surface area contributed by atoms with E-state index in [0.29, 0.717) is 13.1 Å². The number of nitrogens with zero attached hydrogens (tertiary/aromatic N) is 2. The van der Waals surface area contributed by atoms with Gasteiger partial charge in [-0.05, 0) is 27.2 Å². The number of hydrogen-bond donors (Lipinski definition) is 1. The van der Waals surface area contributed by atoms with Gasteiger partial charge in [-0.3, -0.25) is 14.5 Å². The Morgan fingerprint density at radius 1 is 1.12 bits per heavy atom. The number of carbonyl (C=O) groups excluding carboxylic acids is 1. The lowest BCUT2D eigenvalue weighted by atomic mass is 10.2. The van der Waals surface area contributed by atoms with Crippen LogP contribution in [0.15, 0.2) is 0 Å². The van der Waals surface area contributed by atoms with Crippen LogP contribution in [0.25, 0.3) is 0 Å². The lowest BCUT2D eigenvalue weighted by Crippen LogP contribution is -2.45. The lowest BCUT2D eigenvalue weighted by Gasteiger charge is -2.28. The zero-order chi connectivity index (χ0) is 13.4. The van der Waals surface area contributed by atoms with Crippen molar-refractivity contribution in [3.05, 3.63) is 0 Å². The van der Waals surface area contributed by atoms with Gasteiger partial charge in [0.2, 0.25) is 5.91 Å². The fraction of sp³-hybridized carbons (Fsp3) is 0.833. The van der Waals surface area contributed by atoms with E-state index in [2.05, 4.69) is 0 Å². The number of carboxylic acids is 1. The lowest BCUT2D eigenvalue weighted by molar-refractivity contribution is -0.140. The maximum Gasteiger partial charge on any atom is 0.317 e. The van der Waals surface area contributed by atoms with Crippen molar-refractivity contribution in [3.63, 3.8) is 0 Å². The van der Waals surface area contributed by atoms with Gasteiger partial charge in [-0.25, -0.2) is 0 Å². The van der Waals surface area contributed by atoms with E-state index in [1.165, 1.54) is 0 Å². The van der Waals surface area contributed by atoms with E-state index in [0.717, 1.165) is 6.42 Å². The molecule has 0 aromatic heterocycles. The van der Waals surface area contributed by atoms with Crippen LogP contribution in [0.5, 0.6) is 0 Å². The number of hydrogen-bond acceptors (Lipinski definition) is 3. The minimum Gasteiger partial charge on any atom is -0.480 e. The summed E-state index contributed by atoms with van der Waals surface area (Å²) in [4.78, 5) is 26.1. The topological polar surface area (TPSA) is 60.9 Å². The Kier molecular flexibility index (Phi) is 7.54. The summed E-state index contributed by atoms with van der Waals surface area (Å²) in [5, 5.41) is 8.83. The molecule has 0 aromatic carbocycles. The van der Waals surface area contributed by atoms with E-state index in [1.807, 2.05) is 27.7 Å². The van der Waals surface area contributed by atoms with E-state index in [9.17, 15) is 9.59 Å². The third-order valence-corrected chi connectivity index (χ3v) is 3.01. The van der Waals surface area contributed by atoms with Gasteiger partial charge in [0.05, 0.1) is 13.1 Å². The van der Waals surface area contributed by atoms with Crippen molar-refractivity contribution in [2.75, 3.05) is 26.2 Å². The zero-order valence-electron chi connectivity index (χ0n) is 11.3. The van der Waals surface area contributed by atoms with Gasteiger partial charge in [-0.15, -0.1) is 0 Å². The molecule has 0 rings (SSSR count). The van der Waals surface area contributed by atoms with Gasteiger partial charge in [-0.2, -0.15) is 0 Å². The summed E-state index contributed by atoms with van der Waals surface area (Å²) in [7, 11) is 0. The van der Waals surface area contributed by atoms with Crippen molar-refractivity contribution in [2.45, 2.75) is 40.2 Å². The third kappa shape index (κ3) is 5.68. The molecule has 0 aliphatic rings. The highest BCUT2D eigenvalue weighted by Gasteiger charge is 2.20. The number of carboxylic acid groups (broad SMARTS) is 1. The summed E-state index contributed by atoms with van der Waals surface area (Å²) in [6, 6.07) is 0.102. The first-order valence-corrected chi connectivity index (χ1v) is 6.19. The Morgan fingerprint density at radius 3 is 2.00 bits per heavy atom. The second kappa shape index (κ2) is 8.06. The fourth-order valence-electron chi connectivity index (χ4n) is 1.65. The fourth-order valence-corrected chi connectivity index (χ4v) is 1.65. The number of likely N-dealkylation sites (N-methyl/N-ethyl adjacent to an activating group) is 1. The number of aliphatic carboxylic acids is 1. The molecule has 0 saturated carbocycles. The van der Waals surface area contributed by atoms with Crippen LogP contribution in [0.3, 0.4) is 0 Å². The molecule has 5 heteroatoms. The Balaban J connectivity index is 4.51. The highest BCUT2D eigenvalue weighted by Crippen LogP contribution is 2.04. The summed E-state index contributed by atoms with van der Waals surface area (Å²) in [6.07, 6.45) is 0.832.